The second-order valence-electron chi connectivity index (χ2n) is 11.7. The number of benzene rings is 7. The van der Waals surface area contributed by atoms with Crippen LogP contribution in [-0.4, -0.2) is 4.57 Å². The first-order chi connectivity index (χ1) is 22.3. The van der Waals surface area contributed by atoms with Crippen molar-refractivity contribution in [3.05, 3.63) is 152 Å². The molecule has 0 unspecified atom stereocenters. The molecule has 3 aromatic heterocycles. The molecule has 0 aliphatic carbocycles. The number of hydrogen-bond acceptors (Lipinski definition) is 2. The van der Waals surface area contributed by atoms with Crippen molar-refractivity contribution in [1.29, 1.82) is 0 Å². The third kappa shape index (κ3) is 3.58. The Morgan fingerprint density at radius 1 is 0.356 bits per heavy atom. The van der Waals surface area contributed by atoms with Crippen LogP contribution < -0.4 is 0 Å². The van der Waals surface area contributed by atoms with Crippen molar-refractivity contribution in [3.8, 4) is 27.9 Å². The Morgan fingerprint density at radius 3 is 1.84 bits per heavy atom. The molecule has 0 aliphatic rings. The average molecular weight is 576 g/mol. The van der Waals surface area contributed by atoms with Gasteiger partial charge >= 0.3 is 0 Å². The van der Waals surface area contributed by atoms with Gasteiger partial charge in [-0.1, -0.05) is 91.0 Å². The molecule has 3 heteroatoms. The molecule has 10 aromatic rings. The van der Waals surface area contributed by atoms with Gasteiger partial charge in [-0.15, -0.1) is 0 Å². The Labute approximate surface area is 258 Å². The SMILES string of the molecule is c1ccc(-c2cc(-c3ccc4c(c3)c3ccccc3n4-c3ccccc3)cc3c2oc2cc4c(cc23)oc2ccccc24)cc1. The standard InChI is InChI=1S/C42H25NO2/c1-3-11-26(12-4-1)32-22-28(23-36-35-25-40-34(24-41(35)45-42(32)36)31-16-8-10-18-39(31)44-40)27-19-20-38-33(21-27)30-15-7-9-17-37(30)43(38)29-13-5-2-6-14-29/h1-25H. The summed E-state index contributed by atoms with van der Waals surface area (Å²) in [4.78, 5) is 0. The van der Waals surface area contributed by atoms with E-state index < -0.39 is 0 Å². The quantitative estimate of drug-likeness (QED) is 0.210. The van der Waals surface area contributed by atoms with Gasteiger partial charge in [-0.05, 0) is 77.4 Å². The van der Waals surface area contributed by atoms with Crippen LogP contribution in [0.3, 0.4) is 0 Å². The summed E-state index contributed by atoms with van der Waals surface area (Å²) in [5.74, 6) is 0. The fourth-order valence-corrected chi connectivity index (χ4v) is 7.10. The molecule has 7 aromatic carbocycles. The molecule has 0 N–H and O–H groups in total. The van der Waals surface area contributed by atoms with E-state index in [0.29, 0.717) is 0 Å². The molecule has 0 amide bonds. The van der Waals surface area contributed by atoms with E-state index in [9.17, 15) is 0 Å². The highest BCUT2D eigenvalue weighted by molar-refractivity contribution is 6.18. The maximum atomic E-state index is 6.69. The van der Waals surface area contributed by atoms with Crippen LogP contribution in [0.1, 0.15) is 0 Å². The smallest absolute Gasteiger partial charge is 0.143 e. The zero-order chi connectivity index (χ0) is 29.5. The third-order valence-corrected chi connectivity index (χ3v) is 9.18. The van der Waals surface area contributed by atoms with Crippen molar-refractivity contribution in [3.63, 3.8) is 0 Å². The Bertz CT molecular complexity index is 2740. The molecule has 10 rings (SSSR count). The maximum Gasteiger partial charge on any atom is 0.143 e. The zero-order valence-electron chi connectivity index (χ0n) is 24.2. The lowest BCUT2D eigenvalue weighted by atomic mass is 9.95. The van der Waals surface area contributed by atoms with E-state index in [1.165, 1.54) is 21.8 Å². The van der Waals surface area contributed by atoms with Crippen molar-refractivity contribution >= 4 is 65.7 Å². The summed E-state index contributed by atoms with van der Waals surface area (Å²) in [6.45, 7) is 0. The molecule has 0 atom stereocenters. The molecule has 3 heterocycles. The summed E-state index contributed by atoms with van der Waals surface area (Å²) in [5, 5.41) is 6.77. The van der Waals surface area contributed by atoms with Gasteiger partial charge in [-0.2, -0.15) is 0 Å². The second-order valence-corrected chi connectivity index (χ2v) is 11.7. The monoisotopic (exact) mass is 575 g/mol. The van der Waals surface area contributed by atoms with Crippen LogP contribution in [0.4, 0.5) is 0 Å². The predicted molar refractivity (Wildman–Crippen MR) is 186 cm³/mol. The van der Waals surface area contributed by atoms with Crippen molar-refractivity contribution in [2.45, 2.75) is 0 Å². The van der Waals surface area contributed by atoms with Crippen LogP contribution in [0.5, 0.6) is 0 Å². The normalized spacial score (nSPS) is 12.0. The van der Waals surface area contributed by atoms with Gasteiger partial charge in [0.15, 0.2) is 0 Å². The summed E-state index contributed by atoms with van der Waals surface area (Å²) >= 11 is 0. The van der Waals surface area contributed by atoms with Crippen LogP contribution in [0.25, 0.3) is 93.6 Å². The third-order valence-electron chi connectivity index (χ3n) is 9.18. The first kappa shape index (κ1) is 24.4. The Balaban J connectivity index is 1.26. The first-order valence-corrected chi connectivity index (χ1v) is 15.3. The van der Waals surface area contributed by atoms with Crippen molar-refractivity contribution in [2.75, 3.05) is 0 Å². The number of hydrogen-bond donors (Lipinski definition) is 0. The minimum absolute atomic E-state index is 0.861. The van der Waals surface area contributed by atoms with E-state index in [0.717, 1.165) is 71.8 Å². The second kappa shape index (κ2) is 9.22. The number of nitrogens with zero attached hydrogens (tertiary/aromatic N) is 1. The molecule has 0 bridgehead atoms. The van der Waals surface area contributed by atoms with Gasteiger partial charge in [0, 0.05) is 43.6 Å². The molecule has 0 fully saturated rings. The highest BCUT2D eigenvalue weighted by Crippen LogP contribution is 2.43. The molecule has 210 valence electrons. The highest BCUT2D eigenvalue weighted by Gasteiger charge is 2.19. The lowest BCUT2D eigenvalue weighted by Crippen LogP contribution is -1.92. The minimum atomic E-state index is 0.861. The van der Waals surface area contributed by atoms with E-state index in [1.807, 2.05) is 18.2 Å². The summed E-state index contributed by atoms with van der Waals surface area (Å²) in [6, 6.07) is 53.7. The number of rotatable bonds is 3. The molecule has 3 nitrogen and oxygen atoms in total. The van der Waals surface area contributed by atoms with Crippen molar-refractivity contribution in [1.82, 2.24) is 4.57 Å². The summed E-state index contributed by atoms with van der Waals surface area (Å²) in [6.07, 6.45) is 0. The molecular formula is C42H25NO2. The molecule has 0 spiro atoms. The van der Waals surface area contributed by atoms with Crippen LogP contribution in [0.15, 0.2) is 160 Å². The van der Waals surface area contributed by atoms with Crippen LogP contribution in [0.2, 0.25) is 0 Å². The Hall–Kier alpha value is -6.06. The van der Waals surface area contributed by atoms with Gasteiger partial charge < -0.3 is 13.4 Å². The number of furan rings is 2. The van der Waals surface area contributed by atoms with Crippen molar-refractivity contribution < 1.29 is 8.83 Å². The molecule has 45 heavy (non-hydrogen) atoms. The van der Waals surface area contributed by atoms with Gasteiger partial charge in [0.2, 0.25) is 0 Å². The largest absolute Gasteiger partial charge is 0.456 e. The summed E-state index contributed by atoms with van der Waals surface area (Å²) < 4.78 is 15.3. The van der Waals surface area contributed by atoms with Crippen LogP contribution in [-0.2, 0) is 0 Å². The van der Waals surface area contributed by atoms with Gasteiger partial charge in [-0.3, -0.25) is 0 Å². The number of fused-ring (bicyclic) bond motifs is 9. The van der Waals surface area contributed by atoms with Crippen LogP contribution >= 0.6 is 0 Å². The molecule has 0 radical (unpaired) electrons. The average Bonchev–Trinajstić information content (AvgIpc) is 3.76. The van der Waals surface area contributed by atoms with Gasteiger partial charge in [-0.25, -0.2) is 0 Å². The first-order valence-electron chi connectivity index (χ1n) is 15.3. The van der Waals surface area contributed by atoms with E-state index in [4.69, 9.17) is 8.83 Å². The van der Waals surface area contributed by atoms with E-state index >= 15 is 0 Å². The van der Waals surface area contributed by atoms with E-state index in [2.05, 4.69) is 138 Å². The van der Waals surface area contributed by atoms with Crippen LogP contribution in [0, 0.1) is 0 Å². The topological polar surface area (TPSA) is 31.2 Å². The zero-order valence-corrected chi connectivity index (χ0v) is 24.2. The lowest BCUT2D eigenvalue weighted by molar-refractivity contribution is 0.664. The highest BCUT2D eigenvalue weighted by atomic mass is 16.3. The van der Waals surface area contributed by atoms with Gasteiger partial charge in [0.25, 0.3) is 0 Å². The molecule has 0 saturated carbocycles. The molecule has 0 aliphatic heterocycles. The number of aromatic nitrogens is 1. The van der Waals surface area contributed by atoms with Crippen molar-refractivity contribution in [2.24, 2.45) is 0 Å². The molecule has 0 saturated heterocycles. The maximum absolute atomic E-state index is 6.69. The van der Waals surface area contributed by atoms with E-state index in [-0.39, 0.29) is 0 Å². The fourth-order valence-electron chi connectivity index (χ4n) is 7.10. The number of para-hydroxylation sites is 3. The Kier molecular flexibility index (Phi) is 5.00. The fraction of sp³-hybridized carbons (Fsp3) is 0. The Morgan fingerprint density at radius 2 is 1.00 bits per heavy atom. The summed E-state index contributed by atoms with van der Waals surface area (Å²) in [7, 11) is 0. The predicted octanol–water partition coefficient (Wildman–Crippen LogP) is 11.9. The lowest BCUT2D eigenvalue weighted by Gasteiger charge is -2.10. The van der Waals surface area contributed by atoms with E-state index in [1.54, 1.807) is 0 Å². The van der Waals surface area contributed by atoms with Gasteiger partial charge in [0.05, 0.1) is 11.0 Å². The summed E-state index contributed by atoms with van der Waals surface area (Å²) in [5.41, 5.74) is 11.6. The van der Waals surface area contributed by atoms with Gasteiger partial charge in [0.1, 0.15) is 22.3 Å². The minimum Gasteiger partial charge on any atom is -0.456 e. The molecular weight excluding hydrogens is 550 g/mol.